The molecule has 4 aromatic rings. The lowest BCUT2D eigenvalue weighted by atomic mass is 9.98. The Labute approximate surface area is 200 Å². The highest BCUT2D eigenvalue weighted by atomic mass is 32.1. The number of ketones is 1. The number of aromatic nitrogens is 3. The molecule has 0 spiro atoms. The molecule has 4 heterocycles. The molecule has 1 unspecified atom stereocenters. The van der Waals surface area contributed by atoms with E-state index in [1.807, 2.05) is 36.4 Å². The average Bonchev–Trinajstić information content (AvgIpc) is 3.38. The van der Waals surface area contributed by atoms with E-state index in [1.165, 1.54) is 16.2 Å². The van der Waals surface area contributed by atoms with Crippen LogP contribution in [0.3, 0.4) is 0 Å². The van der Waals surface area contributed by atoms with Crippen LogP contribution in [0.5, 0.6) is 0 Å². The number of hydrogen-bond acceptors (Lipinski definition) is 7. The van der Waals surface area contributed by atoms with Gasteiger partial charge in [-0.15, -0.1) is 11.3 Å². The van der Waals surface area contributed by atoms with Crippen molar-refractivity contribution in [2.75, 3.05) is 0 Å². The molecule has 7 nitrogen and oxygen atoms in total. The first-order valence-electron chi connectivity index (χ1n) is 10.7. The summed E-state index contributed by atoms with van der Waals surface area (Å²) in [5.41, 5.74) is 2.58. The number of hydrogen-bond donors (Lipinski definition) is 1. The Bertz CT molecular complexity index is 1390. The summed E-state index contributed by atoms with van der Waals surface area (Å²) in [5, 5.41) is 11.6. The normalized spacial score (nSPS) is 15.7. The zero-order valence-electron chi connectivity index (χ0n) is 18.3. The van der Waals surface area contributed by atoms with Crippen molar-refractivity contribution >= 4 is 23.0 Å². The van der Waals surface area contributed by atoms with Crippen LogP contribution in [0.15, 0.2) is 90.5 Å². The molecule has 5 rings (SSSR count). The molecule has 0 aliphatic carbocycles. The topological polar surface area (TPSA) is 96.3 Å². The zero-order valence-corrected chi connectivity index (χ0v) is 19.1. The van der Waals surface area contributed by atoms with Gasteiger partial charge >= 0.3 is 0 Å². The van der Waals surface area contributed by atoms with Crippen LogP contribution in [-0.2, 0) is 11.3 Å². The molecule has 0 fully saturated rings. The van der Waals surface area contributed by atoms with E-state index in [9.17, 15) is 14.7 Å². The summed E-state index contributed by atoms with van der Waals surface area (Å²) in [6.45, 7) is 1.88. The fraction of sp³-hybridized carbons (Fsp3) is 0.115. The summed E-state index contributed by atoms with van der Waals surface area (Å²) in [6, 6.07) is 19.4. The highest BCUT2D eigenvalue weighted by molar-refractivity contribution is 7.17. The smallest absolute Gasteiger partial charge is 0.290 e. The van der Waals surface area contributed by atoms with Gasteiger partial charge in [0.05, 0.1) is 34.1 Å². The number of Topliss-reactive ketones (excluding diaryl/α,β-unsaturated/α-hetero) is 1. The molecule has 34 heavy (non-hydrogen) atoms. The van der Waals surface area contributed by atoms with Crippen LogP contribution in [0.4, 0.5) is 0 Å². The summed E-state index contributed by atoms with van der Waals surface area (Å²) < 4.78 is 0. The second-order valence-electron chi connectivity index (χ2n) is 7.80. The molecule has 1 aliphatic heterocycles. The molecule has 168 valence electrons. The molecule has 0 saturated heterocycles. The largest absolute Gasteiger partial charge is 0.503 e. The highest BCUT2D eigenvalue weighted by Crippen LogP contribution is 2.40. The fourth-order valence-corrected chi connectivity index (χ4v) is 5.02. The van der Waals surface area contributed by atoms with Gasteiger partial charge < -0.3 is 10.0 Å². The lowest BCUT2D eigenvalue weighted by molar-refractivity contribution is -0.130. The standard InChI is InChI=1S/C26H20N4O3S/c1-16-24(34-25(29-16)17-9-3-2-4-10-17)22(31)20-21(19-12-6-8-14-28-19)30(26(33)23(20)32)15-18-11-5-7-13-27-18/h2-14,21,32H,15H2,1H3. The number of amides is 1. The van der Waals surface area contributed by atoms with Gasteiger partial charge in [0.1, 0.15) is 11.0 Å². The molecular weight excluding hydrogens is 448 g/mol. The van der Waals surface area contributed by atoms with Gasteiger partial charge in [0.2, 0.25) is 5.78 Å². The molecule has 1 aromatic carbocycles. The van der Waals surface area contributed by atoms with Crippen molar-refractivity contribution in [1.29, 1.82) is 0 Å². The van der Waals surface area contributed by atoms with Crippen molar-refractivity contribution in [1.82, 2.24) is 19.9 Å². The number of aryl methyl sites for hydroxylation is 1. The van der Waals surface area contributed by atoms with Gasteiger partial charge in [-0.3, -0.25) is 19.6 Å². The summed E-state index contributed by atoms with van der Waals surface area (Å²) >= 11 is 1.24. The second-order valence-corrected chi connectivity index (χ2v) is 8.80. The van der Waals surface area contributed by atoms with Gasteiger partial charge in [0, 0.05) is 18.0 Å². The highest BCUT2D eigenvalue weighted by Gasteiger charge is 2.45. The molecule has 0 saturated carbocycles. The molecule has 8 heteroatoms. The van der Waals surface area contributed by atoms with Gasteiger partial charge in [0.25, 0.3) is 5.91 Å². The van der Waals surface area contributed by atoms with E-state index >= 15 is 0 Å². The minimum absolute atomic E-state index is 0.00555. The van der Waals surface area contributed by atoms with Crippen LogP contribution in [0.2, 0.25) is 0 Å². The third-order valence-electron chi connectivity index (χ3n) is 5.60. The van der Waals surface area contributed by atoms with E-state index < -0.39 is 23.5 Å². The van der Waals surface area contributed by atoms with Crippen LogP contribution in [-0.4, -0.2) is 36.6 Å². The average molecular weight is 469 g/mol. The van der Waals surface area contributed by atoms with E-state index in [0.29, 0.717) is 27.0 Å². The first-order chi connectivity index (χ1) is 16.5. The molecular formula is C26H20N4O3S. The number of aliphatic hydroxyl groups excluding tert-OH is 1. The molecule has 0 radical (unpaired) electrons. The predicted octanol–water partition coefficient (Wildman–Crippen LogP) is 4.69. The summed E-state index contributed by atoms with van der Waals surface area (Å²) in [7, 11) is 0. The van der Waals surface area contributed by atoms with Gasteiger partial charge in [-0.05, 0) is 31.2 Å². The summed E-state index contributed by atoms with van der Waals surface area (Å²) in [5.74, 6) is -1.62. The third-order valence-corrected chi connectivity index (χ3v) is 6.80. The number of pyridine rings is 2. The monoisotopic (exact) mass is 468 g/mol. The number of aliphatic hydroxyl groups is 1. The summed E-state index contributed by atoms with van der Waals surface area (Å²) in [4.78, 5) is 42.0. The number of nitrogens with zero attached hydrogens (tertiary/aromatic N) is 4. The lowest BCUT2D eigenvalue weighted by Crippen LogP contribution is -2.31. The van der Waals surface area contributed by atoms with Gasteiger partial charge in [-0.25, -0.2) is 4.98 Å². The fourth-order valence-electron chi connectivity index (χ4n) is 3.99. The summed E-state index contributed by atoms with van der Waals surface area (Å²) in [6.07, 6.45) is 3.23. The number of thiazole rings is 1. The van der Waals surface area contributed by atoms with Crippen LogP contribution in [0.1, 0.15) is 32.8 Å². The molecule has 1 amide bonds. The maximum absolute atomic E-state index is 13.8. The second kappa shape index (κ2) is 8.99. The molecule has 0 bridgehead atoms. The zero-order chi connectivity index (χ0) is 23.7. The number of carbonyl (C=O) groups excluding carboxylic acids is 2. The van der Waals surface area contributed by atoms with Crippen molar-refractivity contribution in [2.45, 2.75) is 19.5 Å². The van der Waals surface area contributed by atoms with Gasteiger partial charge in [-0.2, -0.15) is 0 Å². The number of carbonyl (C=O) groups is 2. The molecule has 1 atom stereocenters. The number of benzene rings is 1. The van der Waals surface area contributed by atoms with E-state index in [-0.39, 0.29) is 12.1 Å². The minimum Gasteiger partial charge on any atom is -0.503 e. The number of rotatable bonds is 6. The van der Waals surface area contributed by atoms with Crippen LogP contribution < -0.4 is 0 Å². The minimum atomic E-state index is -0.843. The Morgan fingerprint density at radius 2 is 1.71 bits per heavy atom. The Morgan fingerprint density at radius 3 is 2.38 bits per heavy atom. The first kappa shape index (κ1) is 21.7. The van der Waals surface area contributed by atoms with E-state index in [0.717, 1.165) is 5.56 Å². The van der Waals surface area contributed by atoms with Crippen molar-refractivity contribution in [2.24, 2.45) is 0 Å². The Kier molecular flexibility index (Phi) is 5.73. The van der Waals surface area contributed by atoms with Crippen LogP contribution in [0, 0.1) is 6.92 Å². The first-order valence-corrected chi connectivity index (χ1v) is 11.5. The maximum atomic E-state index is 13.8. The lowest BCUT2D eigenvalue weighted by Gasteiger charge is -2.25. The molecule has 1 N–H and O–H groups in total. The third kappa shape index (κ3) is 3.88. The Morgan fingerprint density at radius 1 is 1.00 bits per heavy atom. The van der Waals surface area contributed by atoms with Crippen LogP contribution in [0.25, 0.3) is 10.6 Å². The predicted molar refractivity (Wildman–Crippen MR) is 128 cm³/mol. The Hall–Kier alpha value is -4.17. The van der Waals surface area contributed by atoms with E-state index in [2.05, 4.69) is 15.0 Å². The van der Waals surface area contributed by atoms with Gasteiger partial charge in [-0.1, -0.05) is 42.5 Å². The maximum Gasteiger partial charge on any atom is 0.290 e. The Balaban J connectivity index is 1.57. The van der Waals surface area contributed by atoms with Crippen molar-refractivity contribution < 1.29 is 14.7 Å². The van der Waals surface area contributed by atoms with Crippen molar-refractivity contribution in [3.05, 3.63) is 112 Å². The van der Waals surface area contributed by atoms with Crippen molar-refractivity contribution in [3.8, 4) is 10.6 Å². The molecule has 1 aliphatic rings. The van der Waals surface area contributed by atoms with E-state index in [1.54, 1.807) is 49.6 Å². The van der Waals surface area contributed by atoms with Crippen LogP contribution >= 0.6 is 11.3 Å². The van der Waals surface area contributed by atoms with Crippen molar-refractivity contribution in [3.63, 3.8) is 0 Å². The van der Waals surface area contributed by atoms with Gasteiger partial charge in [0.15, 0.2) is 5.76 Å². The quantitative estimate of drug-likeness (QED) is 0.413. The molecule has 3 aromatic heterocycles. The van der Waals surface area contributed by atoms with E-state index in [4.69, 9.17) is 0 Å². The SMILES string of the molecule is Cc1nc(-c2ccccc2)sc1C(=O)C1=C(O)C(=O)N(Cc2ccccn2)C1c1ccccn1.